The maximum Gasteiger partial charge on any atom is 0.391 e. The molecule has 1 aliphatic rings. The smallest absolute Gasteiger partial charge is 0.353 e. The van der Waals surface area contributed by atoms with Crippen LogP contribution < -0.4 is 11.1 Å². The van der Waals surface area contributed by atoms with Gasteiger partial charge in [-0.3, -0.25) is 4.79 Å². The van der Waals surface area contributed by atoms with Gasteiger partial charge in [-0.15, -0.1) is 0 Å². The van der Waals surface area contributed by atoms with Crippen LogP contribution in [0.4, 0.5) is 13.2 Å². The highest BCUT2D eigenvalue weighted by Crippen LogP contribution is 2.37. The minimum atomic E-state index is -4.13. The molecule has 122 valence electrons. The zero-order valence-electron chi connectivity index (χ0n) is 12.3. The monoisotopic (exact) mass is 314 g/mol. The molecular weight excluding hydrogens is 293 g/mol. The van der Waals surface area contributed by atoms with Crippen LogP contribution >= 0.6 is 0 Å². The maximum atomic E-state index is 12.6. The topological polar surface area (TPSA) is 55.1 Å². The first-order chi connectivity index (χ1) is 10.4. The number of carbonyl (C=O) groups excluding carboxylic acids is 1. The number of halogens is 3. The van der Waals surface area contributed by atoms with Crippen molar-refractivity contribution in [3.63, 3.8) is 0 Å². The highest BCUT2D eigenvalue weighted by atomic mass is 19.4. The fourth-order valence-electron chi connectivity index (χ4n) is 2.95. The molecular formula is C16H21F3N2O. The Hall–Kier alpha value is -1.56. The Morgan fingerprint density at radius 1 is 1.18 bits per heavy atom. The van der Waals surface area contributed by atoms with Crippen LogP contribution in [0.2, 0.25) is 0 Å². The zero-order chi connectivity index (χ0) is 16.2. The molecule has 0 saturated heterocycles. The van der Waals surface area contributed by atoms with Crippen LogP contribution in [0, 0.1) is 5.92 Å². The second-order valence-corrected chi connectivity index (χ2v) is 5.80. The van der Waals surface area contributed by atoms with Crippen molar-refractivity contribution in [2.45, 2.75) is 43.8 Å². The van der Waals surface area contributed by atoms with Gasteiger partial charge in [-0.1, -0.05) is 30.3 Å². The average Bonchev–Trinajstić information content (AvgIpc) is 2.48. The number of nitrogens with one attached hydrogen (secondary N) is 1. The molecule has 2 rings (SSSR count). The van der Waals surface area contributed by atoms with E-state index in [-0.39, 0.29) is 31.3 Å². The summed E-state index contributed by atoms with van der Waals surface area (Å²) in [6.45, 7) is 0.174. The second kappa shape index (κ2) is 7.13. The summed E-state index contributed by atoms with van der Waals surface area (Å²) in [5, 5.41) is 2.85. The van der Waals surface area contributed by atoms with E-state index >= 15 is 0 Å². The van der Waals surface area contributed by atoms with Crippen LogP contribution in [-0.4, -0.2) is 24.7 Å². The van der Waals surface area contributed by atoms with Crippen LogP contribution in [0.1, 0.15) is 37.2 Å². The molecule has 1 saturated carbocycles. The van der Waals surface area contributed by atoms with E-state index < -0.39 is 18.0 Å². The standard InChI is InChI=1S/C16H21F3N2O/c17-16(18,19)12-6-8-13(9-7-12)21-15(22)14(10-20)11-4-2-1-3-5-11/h1-5,12-14H,6-10,20H2,(H,21,22). The van der Waals surface area contributed by atoms with Crippen molar-refractivity contribution < 1.29 is 18.0 Å². The van der Waals surface area contributed by atoms with Crippen molar-refractivity contribution in [3.05, 3.63) is 35.9 Å². The molecule has 0 spiro atoms. The van der Waals surface area contributed by atoms with Gasteiger partial charge in [-0.2, -0.15) is 13.2 Å². The average molecular weight is 314 g/mol. The predicted molar refractivity (Wildman–Crippen MR) is 78.2 cm³/mol. The zero-order valence-corrected chi connectivity index (χ0v) is 12.3. The highest BCUT2D eigenvalue weighted by Gasteiger charge is 2.41. The summed E-state index contributed by atoms with van der Waals surface area (Å²) in [4.78, 5) is 12.3. The summed E-state index contributed by atoms with van der Waals surface area (Å²) >= 11 is 0. The van der Waals surface area contributed by atoms with E-state index in [9.17, 15) is 18.0 Å². The van der Waals surface area contributed by atoms with E-state index in [1.54, 1.807) is 0 Å². The Labute approximate surface area is 128 Å². The van der Waals surface area contributed by atoms with Gasteiger partial charge in [-0.25, -0.2) is 0 Å². The summed E-state index contributed by atoms with van der Waals surface area (Å²) in [7, 11) is 0. The molecule has 0 heterocycles. The molecule has 1 atom stereocenters. The van der Waals surface area contributed by atoms with Crippen LogP contribution in [0.5, 0.6) is 0 Å². The first kappa shape index (κ1) is 16.8. The van der Waals surface area contributed by atoms with Gasteiger partial charge in [0.15, 0.2) is 0 Å². The third-order valence-corrected chi connectivity index (χ3v) is 4.29. The molecule has 1 amide bonds. The predicted octanol–water partition coefficient (Wildman–Crippen LogP) is 2.97. The Balaban J connectivity index is 1.90. The molecule has 22 heavy (non-hydrogen) atoms. The number of nitrogens with two attached hydrogens (primary N) is 1. The summed E-state index contributed by atoms with van der Waals surface area (Å²) in [5.74, 6) is -1.90. The number of benzene rings is 1. The van der Waals surface area contributed by atoms with Gasteiger partial charge in [0.05, 0.1) is 11.8 Å². The molecule has 3 N–H and O–H groups in total. The lowest BCUT2D eigenvalue weighted by atomic mass is 9.85. The molecule has 1 aromatic carbocycles. The van der Waals surface area contributed by atoms with Gasteiger partial charge < -0.3 is 11.1 Å². The Morgan fingerprint density at radius 3 is 2.27 bits per heavy atom. The van der Waals surface area contributed by atoms with Gasteiger partial charge in [0.25, 0.3) is 0 Å². The molecule has 0 radical (unpaired) electrons. The van der Waals surface area contributed by atoms with Gasteiger partial charge in [0, 0.05) is 12.6 Å². The van der Waals surface area contributed by atoms with Crippen molar-refractivity contribution in [2.24, 2.45) is 11.7 Å². The first-order valence-corrected chi connectivity index (χ1v) is 7.54. The fourth-order valence-corrected chi connectivity index (χ4v) is 2.95. The summed E-state index contributed by atoms with van der Waals surface area (Å²) < 4.78 is 37.9. The lowest BCUT2D eigenvalue weighted by molar-refractivity contribution is -0.182. The van der Waals surface area contributed by atoms with Gasteiger partial charge in [-0.05, 0) is 31.2 Å². The quantitative estimate of drug-likeness (QED) is 0.898. The van der Waals surface area contributed by atoms with E-state index in [1.165, 1.54) is 0 Å². The van der Waals surface area contributed by atoms with Crippen LogP contribution in [0.25, 0.3) is 0 Å². The number of amides is 1. The largest absolute Gasteiger partial charge is 0.391 e. The van der Waals surface area contributed by atoms with Gasteiger partial charge in [0.1, 0.15) is 0 Å². The third kappa shape index (κ3) is 4.22. The normalized spacial score (nSPS) is 23.8. The van der Waals surface area contributed by atoms with Crippen molar-refractivity contribution in [2.75, 3.05) is 6.54 Å². The molecule has 0 aliphatic heterocycles. The number of alkyl halides is 3. The van der Waals surface area contributed by atoms with Crippen LogP contribution in [0.15, 0.2) is 30.3 Å². The van der Waals surface area contributed by atoms with E-state index in [4.69, 9.17) is 5.73 Å². The van der Waals surface area contributed by atoms with Crippen LogP contribution in [-0.2, 0) is 4.79 Å². The summed E-state index contributed by atoms with van der Waals surface area (Å²) in [6, 6.07) is 8.99. The minimum absolute atomic E-state index is 0.0765. The highest BCUT2D eigenvalue weighted by molar-refractivity contribution is 5.84. The lowest BCUT2D eigenvalue weighted by Crippen LogP contribution is -2.43. The van der Waals surface area contributed by atoms with Crippen molar-refractivity contribution in [1.82, 2.24) is 5.32 Å². The molecule has 0 bridgehead atoms. The Bertz CT molecular complexity index is 482. The van der Waals surface area contributed by atoms with Crippen molar-refractivity contribution in [1.29, 1.82) is 0 Å². The van der Waals surface area contributed by atoms with Crippen LogP contribution in [0.3, 0.4) is 0 Å². The molecule has 1 aromatic rings. The van der Waals surface area contributed by atoms with Crippen molar-refractivity contribution in [3.8, 4) is 0 Å². The van der Waals surface area contributed by atoms with Crippen molar-refractivity contribution >= 4 is 5.91 Å². The molecule has 3 nitrogen and oxygen atoms in total. The van der Waals surface area contributed by atoms with Gasteiger partial charge >= 0.3 is 6.18 Å². The molecule has 6 heteroatoms. The fraction of sp³-hybridized carbons (Fsp3) is 0.562. The third-order valence-electron chi connectivity index (χ3n) is 4.29. The first-order valence-electron chi connectivity index (χ1n) is 7.54. The SMILES string of the molecule is NCC(C(=O)NC1CCC(C(F)(F)F)CC1)c1ccccc1. The Kier molecular flexibility index (Phi) is 5.45. The second-order valence-electron chi connectivity index (χ2n) is 5.80. The summed E-state index contributed by atoms with van der Waals surface area (Å²) in [6.07, 6.45) is -3.25. The molecule has 0 aromatic heterocycles. The van der Waals surface area contributed by atoms with E-state index in [1.807, 2.05) is 30.3 Å². The Morgan fingerprint density at radius 2 is 1.77 bits per heavy atom. The number of rotatable bonds is 4. The van der Waals surface area contributed by atoms with E-state index in [0.717, 1.165) is 5.56 Å². The minimum Gasteiger partial charge on any atom is -0.353 e. The number of hydrogen-bond donors (Lipinski definition) is 2. The lowest BCUT2D eigenvalue weighted by Gasteiger charge is -2.31. The molecule has 1 aliphatic carbocycles. The molecule has 1 fully saturated rings. The number of hydrogen-bond acceptors (Lipinski definition) is 2. The molecule has 1 unspecified atom stereocenters. The van der Waals surface area contributed by atoms with E-state index in [0.29, 0.717) is 12.8 Å². The summed E-state index contributed by atoms with van der Waals surface area (Å²) in [5.41, 5.74) is 6.51. The van der Waals surface area contributed by atoms with E-state index in [2.05, 4.69) is 5.32 Å². The number of carbonyl (C=O) groups is 1. The van der Waals surface area contributed by atoms with Gasteiger partial charge in [0.2, 0.25) is 5.91 Å². The maximum absolute atomic E-state index is 12.6.